The molecule has 1 rings (SSSR count). The average Bonchev–Trinajstić information content (AvgIpc) is 2.39. The highest BCUT2D eigenvalue weighted by atomic mass is 19.1. The summed E-state index contributed by atoms with van der Waals surface area (Å²) in [6.07, 6.45) is 0.687. The van der Waals surface area contributed by atoms with E-state index < -0.39 is 5.54 Å². The summed E-state index contributed by atoms with van der Waals surface area (Å²) >= 11 is 0. The highest BCUT2D eigenvalue weighted by molar-refractivity contribution is 5.46. The lowest BCUT2D eigenvalue weighted by atomic mass is 9.98. The number of nitrogens with one attached hydrogen (secondary N) is 1. The first-order valence-electron chi connectivity index (χ1n) is 7.09. The Kier molecular flexibility index (Phi) is 5.97. The monoisotopic (exact) mass is 277 g/mol. The van der Waals surface area contributed by atoms with Gasteiger partial charge in [0.05, 0.1) is 6.07 Å². The van der Waals surface area contributed by atoms with Crippen LogP contribution in [0.15, 0.2) is 24.3 Å². The van der Waals surface area contributed by atoms with Gasteiger partial charge < -0.3 is 4.90 Å². The minimum absolute atomic E-state index is 0.232. The molecule has 0 bridgehead atoms. The Morgan fingerprint density at radius 1 is 1.45 bits per heavy atom. The normalized spacial score (nSPS) is 13.8. The van der Waals surface area contributed by atoms with E-state index in [9.17, 15) is 9.65 Å². The standard InChI is InChI=1S/C16H24FN3/c1-5-20(15-8-6-7-14(17)11-15)10-9-16(4,12-18)19-13(2)3/h6-8,11,13,19H,5,9-10H2,1-4H3. The number of nitriles is 1. The van der Waals surface area contributed by atoms with Gasteiger partial charge in [-0.25, -0.2) is 4.39 Å². The van der Waals surface area contributed by atoms with Crippen LogP contribution in [-0.2, 0) is 0 Å². The minimum atomic E-state index is -0.561. The summed E-state index contributed by atoms with van der Waals surface area (Å²) in [5.74, 6) is -0.232. The van der Waals surface area contributed by atoms with Gasteiger partial charge in [-0.1, -0.05) is 6.07 Å². The molecule has 1 aromatic carbocycles. The van der Waals surface area contributed by atoms with E-state index >= 15 is 0 Å². The third-order valence-corrected chi connectivity index (χ3v) is 3.29. The van der Waals surface area contributed by atoms with Crippen molar-refractivity contribution in [3.8, 4) is 6.07 Å². The van der Waals surface area contributed by atoms with Crippen molar-refractivity contribution in [2.75, 3.05) is 18.0 Å². The largest absolute Gasteiger partial charge is 0.372 e. The third kappa shape index (κ3) is 4.82. The van der Waals surface area contributed by atoms with Gasteiger partial charge in [-0.05, 0) is 52.3 Å². The molecule has 0 aliphatic rings. The molecule has 0 saturated heterocycles. The number of halogens is 1. The highest BCUT2D eigenvalue weighted by Crippen LogP contribution is 2.18. The van der Waals surface area contributed by atoms with Crippen molar-refractivity contribution >= 4 is 5.69 Å². The summed E-state index contributed by atoms with van der Waals surface area (Å²) in [5.41, 5.74) is 0.298. The second-order valence-electron chi connectivity index (χ2n) is 5.55. The summed E-state index contributed by atoms with van der Waals surface area (Å²) in [7, 11) is 0. The summed E-state index contributed by atoms with van der Waals surface area (Å²) in [4.78, 5) is 2.08. The molecule has 3 nitrogen and oxygen atoms in total. The number of benzene rings is 1. The van der Waals surface area contributed by atoms with Crippen molar-refractivity contribution in [3.63, 3.8) is 0 Å². The van der Waals surface area contributed by atoms with Gasteiger partial charge in [0.15, 0.2) is 0 Å². The number of hydrogen-bond acceptors (Lipinski definition) is 3. The van der Waals surface area contributed by atoms with Crippen LogP contribution in [0.2, 0.25) is 0 Å². The van der Waals surface area contributed by atoms with Crippen LogP contribution in [0.4, 0.5) is 10.1 Å². The molecule has 0 radical (unpaired) electrons. The highest BCUT2D eigenvalue weighted by Gasteiger charge is 2.25. The van der Waals surface area contributed by atoms with E-state index in [1.165, 1.54) is 12.1 Å². The first-order valence-corrected chi connectivity index (χ1v) is 7.09. The van der Waals surface area contributed by atoms with Crippen LogP contribution >= 0.6 is 0 Å². The zero-order valence-corrected chi connectivity index (χ0v) is 12.8. The van der Waals surface area contributed by atoms with Crippen molar-refractivity contribution < 1.29 is 4.39 Å². The van der Waals surface area contributed by atoms with Gasteiger partial charge in [0.25, 0.3) is 0 Å². The molecular formula is C16H24FN3. The fourth-order valence-electron chi connectivity index (χ4n) is 2.30. The van der Waals surface area contributed by atoms with Gasteiger partial charge in [-0.2, -0.15) is 5.26 Å². The molecule has 1 N–H and O–H groups in total. The lowest BCUT2D eigenvalue weighted by molar-refractivity contribution is 0.383. The third-order valence-electron chi connectivity index (χ3n) is 3.29. The Hall–Kier alpha value is -1.60. The molecule has 1 atom stereocenters. The van der Waals surface area contributed by atoms with Crippen LogP contribution in [0.25, 0.3) is 0 Å². The molecule has 1 unspecified atom stereocenters. The first-order chi connectivity index (χ1) is 9.40. The lowest BCUT2D eigenvalue weighted by Crippen LogP contribution is -2.47. The Bertz CT molecular complexity index is 467. The predicted octanol–water partition coefficient (Wildman–Crippen LogP) is 3.32. The first kappa shape index (κ1) is 16.5. The predicted molar refractivity (Wildman–Crippen MR) is 81.2 cm³/mol. The van der Waals surface area contributed by atoms with E-state index in [-0.39, 0.29) is 11.9 Å². The van der Waals surface area contributed by atoms with Crippen molar-refractivity contribution in [1.82, 2.24) is 5.32 Å². The van der Waals surface area contributed by atoms with Crippen LogP contribution in [0, 0.1) is 17.1 Å². The molecule has 0 spiro atoms. The molecule has 4 heteroatoms. The van der Waals surface area contributed by atoms with Crippen molar-refractivity contribution in [3.05, 3.63) is 30.1 Å². The van der Waals surface area contributed by atoms with Gasteiger partial charge in [-0.3, -0.25) is 5.32 Å². The topological polar surface area (TPSA) is 39.1 Å². The zero-order chi connectivity index (χ0) is 15.2. The van der Waals surface area contributed by atoms with E-state index in [4.69, 9.17) is 0 Å². The molecule has 0 aromatic heterocycles. The van der Waals surface area contributed by atoms with Crippen LogP contribution < -0.4 is 10.2 Å². The fraction of sp³-hybridized carbons (Fsp3) is 0.562. The average molecular weight is 277 g/mol. The second kappa shape index (κ2) is 7.25. The molecule has 110 valence electrons. The maximum Gasteiger partial charge on any atom is 0.125 e. The fourth-order valence-corrected chi connectivity index (χ4v) is 2.30. The van der Waals surface area contributed by atoms with E-state index in [2.05, 4.69) is 16.3 Å². The lowest BCUT2D eigenvalue weighted by Gasteiger charge is -2.30. The molecule has 0 aliphatic carbocycles. The molecule has 0 aliphatic heterocycles. The van der Waals surface area contributed by atoms with E-state index in [1.807, 2.05) is 33.8 Å². The van der Waals surface area contributed by atoms with E-state index in [0.717, 1.165) is 12.2 Å². The molecule has 0 heterocycles. The smallest absolute Gasteiger partial charge is 0.125 e. The Morgan fingerprint density at radius 3 is 2.65 bits per heavy atom. The Labute approximate surface area is 121 Å². The Balaban J connectivity index is 2.72. The van der Waals surface area contributed by atoms with Crippen molar-refractivity contribution in [1.29, 1.82) is 5.26 Å². The summed E-state index contributed by atoms with van der Waals surface area (Å²) in [6.45, 7) is 9.49. The van der Waals surface area contributed by atoms with E-state index in [0.29, 0.717) is 13.0 Å². The van der Waals surface area contributed by atoms with Crippen LogP contribution in [0.5, 0.6) is 0 Å². The van der Waals surface area contributed by atoms with Crippen LogP contribution in [0.3, 0.4) is 0 Å². The van der Waals surface area contributed by atoms with Gasteiger partial charge >= 0.3 is 0 Å². The molecule has 0 fully saturated rings. The molecule has 0 amide bonds. The summed E-state index contributed by atoms with van der Waals surface area (Å²) in [6, 6.07) is 9.17. The van der Waals surface area contributed by atoms with Gasteiger partial charge in [-0.15, -0.1) is 0 Å². The molecular weight excluding hydrogens is 253 g/mol. The van der Waals surface area contributed by atoms with Gasteiger partial charge in [0.1, 0.15) is 11.4 Å². The summed E-state index contributed by atoms with van der Waals surface area (Å²) in [5, 5.41) is 12.6. The quantitative estimate of drug-likeness (QED) is 0.831. The second-order valence-corrected chi connectivity index (χ2v) is 5.55. The van der Waals surface area contributed by atoms with E-state index in [1.54, 1.807) is 6.07 Å². The SMILES string of the molecule is CCN(CCC(C)(C#N)NC(C)C)c1cccc(F)c1. The number of hydrogen-bond donors (Lipinski definition) is 1. The maximum absolute atomic E-state index is 13.3. The zero-order valence-electron chi connectivity index (χ0n) is 12.8. The molecule has 20 heavy (non-hydrogen) atoms. The Morgan fingerprint density at radius 2 is 2.15 bits per heavy atom. The summed E-state index contributed by atoms with van der Waals surface area (Å²) < 4.78 is 13.3. The van der Waals surface area contributed by atoms with Gasteiger partial charge in [0, 0.05) is 24.8 Å². The van der Waals surface area contributed by atoms with Gasteiger partial charge in [0.2, 0.25) is 0 Å². The molecule has 1 aromatic rings. The number of nitrogens with zero attached hydrogens (tertiary/aromatic N) is 2. The number of rotatable bonds is 7. The van der Waals surface area contributed by atoms with Crippen LogP contribution in [0.1, 0.15) is 34.1 Å². The van der Waals surface area contributed by atoms with Crippen molar-refractivity contribution in [2.45, 2.75) is 45.7 Å². The van der Waals surface area contributed by atoms with Crippen molar-refractivity contribution in [2.24, 2.45) is 0 Å². The van der Waals surface area contributed by atoms with Crippen LogP contribution in [-0.4, -0.2) is 24.7 Å². The molecule has 0 saturated carbocycles. The minimum Gasteiger partial charge on any atom is -0.372 e. The number of anilines is 1. The maximum atomic E-state index is 13.3.